The molecule has 4 amide bonds. The lowest BCUT2D eigenvalue weighted by Gasteiger charge is -2.31. The summed E-state index contributed by atoms with van der Waals surface area (Å²) in [4.78, 5) is 77.8. The van der Waals surface area contributed by atoms with Gasteiger partial charge in [-0.05, 0) is 50.9 Å². The van der Waals surface area contributed by atoms with E-state index >= 15 is 8.78 Å². The Morgan fingerprint density at radius 1 is 0.766 bits per heavy atom. The molecule has 0 radical (unpaired) electrons. The quantitative estimate of drug-likeness (QED) is 0.141. The zero-order chi connectivity index (χ0) is 36.3. The molecule has 0 bridgehead atoms. The van der Waals surface area contributed by atoms with Gasteiger partial charge in [0, 0.05) is 0 Å². The van der Waals surface area contributed by atoms with Crippen LogP contribution in [0.25, 0.3) is 0 Å². The largest absolute Gasteiger partial charge is 0.467 e. The van der Waals surface area contributed by atoms with E-state index in [1.807, 2.05) is 5.32 Å². The van der Waals surface area contributed by atoms with E-state index in [1.54, 1.807) is 48.5 Å². The number of halogens is 2. The third-order valence-electron chi connectivity index (χ3n) is 8.34. The van der Waals surface area contributed by atoms with Crippen LogP contribution in [0.15, 0.2) is 0 Å². The number of ether oxygens (including phenoxy) is 2. The van der Waals surface area contributed by atoms with Gasteiger partial charge in [-0.25, -0.2) is 9.59 Å². The Kier molecular flexibility index (Phi) is 16.2. The van der Waals surface area contributed by atoms with Crippen molar-refractivity contribution < 1.29 is 47.0 Å². The van der Waals surface area contributed by atoms with Crippen LogP contribution in [-0.4, -0.2) is 78.4 Å². The Bertz CT molecular complexity index is 1100. The van der Waals surface area contributed by atoms with Crippen LogP contribution in [-0.2, 0) is 33.4 Å². The van der Waals surface area contributed by atoms with Crippen molar-refractivity contribution in [2.24, 2.45) is 23.7 Å². The lowest BCUT2D eigenvalue weighted by atomic mass is 9.83. The molecule has 270 valence electrons. The van der Waals surface area contributed by atoms with Crippen LogP contribution in [0.3, 0.4) is 0 Å². The SMILES string of the molecule is CC[C@H](C)[C@H](NC(=O)[C@@H](NC(=O)C(F)(F)C(=O)[C@H](CC1CCCCC1)NC(=O)[C@@H](NC(=O)OC(C)(C)C)C(C)C)C(C)C)C(=O)OC. The molecule has 0 saturated heterocycles. The molecule has 1 saturated carbocycles. The molecule has 0 aliphatic heterocycles. The van der Waals surface area contributed by atoms with Crippen molar-refractivity contribution in [1.82, 2.24) is 21.3 Å². The van der Waals surface area contributed by atoms with Crippen LogP contribution in [0.2, 0.25) is 0 Å². The minimum Gasteiger partial charge on any atom is -0.467 e. The third kappa shape index (κ3) is 13.0. The van der Waals surface area contributed by atoms with E-state index in [0.29, 0.717) is 19.3 Å². The summed E-state index contributed by atoms with van der Waals surface area (Å²) in [5.74, 6) is -12.7. The maximum absolute atomic E-state index is 15.7. The Balaban J connectivity index is 3.29. The van der Waals surface area contributed by atoms with Crippen LogP contribution in [0.1, 0.15) is 107 Å². The minimum absolute atomic E-state index is 0.130. The molecule has 1 rings (SSSR count). The van der Waals surface area contributed by atoms with Crippen LogP contribution >= 0.6 is 0 Å². The van der Waals surface area contributed by atoms with Crippen molar-refractivity contribution in [3.8, 4) is 0 Å². The molecule has 5 atom stereocenters. The van der Waals surface area contributed by atoms with Gasteiger partial charge in [-0.1, -0.05) is 80.1 Å². The topological polar surface area (TPSA) is 169 Å². The lowest BCUT2D eigenvalue weighted by Crippen LogP contribution is -2.61. The van der Waals surface area contributed by atoms with Crippen molar-refractivity contribution >= 4 is 35.6 Å². The maximum atomic E-state index is 15.7. The predicted octanol–water partition coefficient (Wildman–Crippen LogP) is 4.04. The van der Waals surface area contributed by atoms with Crippen LogP contribution in [0, 0.1) is 23.7 Å². The van der Waals surface area contributed by atoms with Crippen LogP contribution in [0.4, 0.5) is 13.6 Å². The Hall–Kier alpha value is -3.32. The zero-order valence-electron chi connectivity index (χ0n) is 29.6. The number of rotatable bonds is 16. The molecule has 0 spiro atoms. The average molecular weight is 675 g/mol. The maximum Gasteiger partial charge on any atom is 0.408 e. The molecule has 1 fully saturated rings. The smallest absolute Gasteiger partial charge is 0.408 e. The summed E-state index contributed by atoms with van der Waals surface area (Å²) in [7, 11) is 1.15. The second kappa shape index (κ2) is 18.3. The van der Waals surface area contributed by atoms with Gasteiger partial charge in [0.25, 0.3) is 5.91 Å². The highest BCUT2D eigenvalue weighted by Gasteiger charge is 2.52. The Labute approximate surface area is 277 Å². The number of esters is 1. The molecule has 1 aliphatic carbocycles. The number of hydrogen-bond donors (Lipinski definition) is 4. The van der Waals surface area contributed by atoms with Gasteiger partial charge in [0.2, 0.25) is 17.6 Å². The van der Waals surface area contributed by atoms with E-state index < -0.39 is 83.1 Å². The average Bonchev–Trinajstić information content (AvgIpc) is 2.98. The molecular weight excluding hydrogens is 618 g/mol. The highest BCUT2D eigenvalue weighted by Crippen LogP contribution is 2.30. The molecule has 1 aliphatic rings. The van der Waals surface area contributed by atoms with Gasteiger partial charge in [0.05, 0.1) is 13.2 Å². The summed E-state index contributed by atoms with van der Waals surface area (Å²) >= 11 is 0. The predicted molar refractivity (Wildman–Crippen MR) is 171 cm³/mol. The van der Waals surface area contributed by atoms with Gasteiger partial charge >= 0.3 is 18.0 Å². The highest BCUT2D eigenvalue weighted by molar-refractivity contribution is 6.11. The van der Waals surface area contributed by atoms with E-state index in [0.717, 1.165) is 26.4 Å². The number of alkyl halides is 2. The summed E-state index contributed by atoms with van der Waals surface area (Å²) < 4.78 is 41.5. The monoisotopic (exact) mass is 674 g/mol. The van der Waals surface area contributed by atoms with Gasteiger partial charge in [-0.2, -0.15) is 8.78 Å². The molecule has 0 aromatic heterocycles. The van der Waals surface area contributed by atoms with Crippen molar-refractivity contribution in [2.75, 3.05) is 7.11 Å². The molecule has 47 heavy (non-hydrogen) atoms. The molecule has 0 aromatic rings. The van der Waals surface area contributed by atoms with E-state index in [-0.39, 0.29) is 18.3 Å². The molecular formula is C33H56F2N4O8. The summed E-state index contributed by atoms with van der Waals surface area (Å²) in [6, 6.07) is -5.59. The molecule has 0 unspecified atom stereocenters. The minimum atomic E-state index is -4.63. The van der Waals surface area contributed by atoms with Crippen molar-refractivity contribution in [2.45, 2.75) is 143 Å². The van der Waals surface area contributed by atoms with Gasteiger partial charge < -0.3 is 30.7 Å². The second-order valence-electron chi connectivity index (χ2n) is 14.2. The van der Waals surface area contributed by atoms with Gasteiger partial charge in [-0.15, -0.1) is 0 Å². The molecule has 0 heterocycles. The Morgan fingerprint density at radius 2 is 1.28 bits per heavy atom. The van der Waals surface area contributed by atoms with E-state index in [4.69, 9.17) is 9.47 Å². The van der Waals surface area contributed by atoms with Gasteiger partial charge in [-0.3, -0.25) is 19.2 Å². The van der Waals surface area contributed by atoms with E-state index in [1.165, 1.54) is 13.8 Å². The first-order chi connectivity index (χ1) is 21.7. The van der Waals surface area contributed by atoms with Gasteiger partial charge in [0.15, 0.2) is 0 Å². The first-order valence-electron chi connectivity index (χ1n) is 16.6. The standard InChI is InChI=1S/C33H56F2N4O8/c1-11-20(6)25(29(43)46-10)37-28(42)23(18(2)3)38-30(44)33(34,35)26(40)22(17-21-15-13-12-14-16-21)36-27(41)24(19(4)5)39-31(45)47-32(7,8)9/h18-25H,11-17H2,1-10H3,(H,36,41)(H,37,42)(H,38,44)(H,39,45)/t20-,22-,23-,24-,25-/m0/s1. The fraction of sp³-hybridized carbons (Fsp3) is 0.818. The third-order valence-corrected chi connectivity index (χ3v) is 8.34. The number of nitrogens with one attached hydrogen (secondary N) is 4. The van der Waals surface area contributed by atoms with Crippen LogP contribution in [0.5, 0.6) is 0 Å². The number of carbonyl (C=O) groups excluding carboxylic acids is 6. The number of carbonyl (C=O) groups is 6. The summed E-state index contributed by atoms with van der Waals surface area (Å²) in [5.41, 5.74) is -0.865. The van der Waals surface area contributed by atoms with Crippen molar-refractivity contribution in [3.05, 3.63) is 0 Å². The van der Waals surface area contributed by atoms with Crippen molar-refractivity contribution in [3.63, 3.8) is 0 Å². The summed E-state index contributed by atoms with van der Waals surface area (Å²) in [6.45, 7) is 14.7. The Morgan fingerprint density at radius 3 is 1.74 bits per heavy atom. The highest BCUT2D eigenvalue weighted by atomic mass is 19.3. The fourth-order valence-corrected chi connectivity index (χ4v) is 5.36. The number of amides is 4. The number of alkyl carbamates (subject to hydrolysis) is 1. The summed E-state index contributed by atoms with van der Waals surface area (Å²) in [5, 5.41) is 9.31. The molecule has 14 heteroatoms. The first kappa shape index (κ1) is 41.7. The lowest BCUT2D eigenvalue weighted by molar-refractivity contribution is -0.162. The van der Waals surface area contributed by atoms with Crippen LogP contribution < -0.4 is 21.3 Å². The normalized spacial score (nSPS) is 17.5. The zero-order valence-corrected chi connectivity index (χ0v) is 29.6. The number of methoxy groups -OCH3 is 1. The molecule has 12 nitrogen and oxygen atoms in total. The number of hydrogen-bond acceptors (Lipinski definition) is 8. The van der Waals surface area contributed by atoms with E-state index in [9.17, 15) is 28.8 Å². The van der Waals surface area contributed by atoms with Crippen molar-refractivity contribution in [1.29, 1.82) is 0 Å². The number of Topliss-reactive ketones (excluding diaryl/α,β-unsaturated/α-hetero) is 1. The van der Waals surface area contributed by atoms with E-state index in [2.05, 4.69) is 16.0 Å². The first-order valence-corrected chi connectivity index (χ1v) is 16.6. The molecule has 0 aromatic carbocycles. The number of ketones is 1. The second-order valence-corrected chi connectivity index (χ2v) is 14.2. The summed E-state index contributed by atoms with van der Waals surface area (Å²) in [6.07, 6.45) is 3.41. The van der Waals surface area contributed by atoms with Gasteiger partial charge in [0.1, 0.15) is 23.7 Å². The molecule has 4 N–H and O–H groups in total. The fourth-order valence-electron chi connectivity index (χ4n) is 5.36.